The number of rotatable bonds is 5. The lowest BCUT2D eigenvalue weighted by molar-refractivity contribution is -0.120. The highest BCUT2D eigenvalue weighted by Gasteiger charge is 2.08. The van der Waals surface area contributed by atoms with Crippen molar-refractivity contribution in [3.63, 3.8) is 0 Å². The largest absolute Gasteiger partial charge is 0.300 e. The van der Waals surface area contributed by atoms with Gasteiger partial charge in [0, 0.05) is 5.92 Å². The quantitative estimate of drug-likeness (QED) is 0.576. The van der Waals surface area contributed by atoms with E-state index in [9.17, 15) is 4.79 Å². The van der Waals surface area contributed by atoms with Gasteiger partial charge in [-0.1, -0.05) is 26.0 Å². The smallest absolute Gasteiger partial charge is 0.132 e. The Balaban J connectivity index is 3.60. The van der Waals surface area contributed by atoms with E-state index in [0.717, 1.165) is 12.8 Å². The third-order valence-corrected chi connectivity index (χ3v) is 2.27. The van der Waals surface area contributed by atoms with E-state index in [2.05, 4.69) is 19.1 Å². The van der Waals surface area contributed by atoms with Crippen LogP contribution in [0.3, 0.4) is 0 Å². The second-order valence-electron chi connectivity index (χ2n) is 3.59. The highest BCUT2D eigenvalue weighted by atomic mass is 16.1. The fourth-order valence-electron chi connectivity index (χ4n) is 1.14. The van der Waals surface area contributed by atoms with Crippen LogP contribution in [0, 0.1) is 11.8 Å². The monoisotopic (exact) mass is 168 g/mol. The Morgan fingerprint density at radius 3 is 2.33 bits per heavy atom. The van der Waals surface area contributed by atoms with Crippen molar-refractivity contribution in [2.24, 2.45) is 11.8 Å². The molecule has 0 saturated carbocycles. The van der Waals surface area contributed by atoms with Crippen molar-refractivity contribution in [2.45, 2.75) is 40.5 Å². The van der Waals surface area contributed by atoms with Gasteiger partial charge in [-0.25, -0.2) is 0 Å². The molecule has 0 aliphatic rings. The van der Waals surface area contributed by atoms with Gasteiger partial charge in [0.2, 0.25) is 0 Å². The topological polar surface area (TPSA) is 17.1 Å². The van der Waals surface area contributed by atoms with Crippen LogP contribution in [0.25, 0.3) is 0 Å². The summed E-state index contributed by atoms with van der Waals surface area (Å²) in [5.41, 5.74) is 0. The van der Waals surface area contributed by atoms with Gasteiger partial charge in [-0.05, 0) is 32.6 Å². The molecular weight excluding hydrogens is 148 g/mol. The molecule has 1 heteroatoms. The summed E-state index contributed by atoms with van der Waals surface area (Å²) >= 11 is 0. The molecule has 0 aliphatic carbocycles. The van der Waals surface area contributed by atoms with Crippen LogP contribution in [-0.4, -0.2) is 5.78 Å². The van der Waals surface area contributed by atoms with E-state index in [-0.39, 0.29) is 5.92 Å². The Bertz CT molecular complexity index is 158. The van der Waals surface area contributed by atoms with Crippen molar-refractivity contribution in [2.75, 3.05) is 0 Å². The fourth-order valence-corrected chi connectivity index (χ4v) is 1.14. The van der Waals surface area contributed by atoms with Crippen molar-refractivity contribution >= 4 is 5.78 Å². The summed E-state index contributed by atoms with van der Waals surface area (Å²) in [7, 11) is 0. The predicted molar refractivity (Wildman–Crippen MR) is 53.1 cm³/mol. The van der Waals surface area contributed by atoms with Crippen LogP contribution in [0.4, 0.5) is 0 Å². The van der Waals surface area contributed by atoms with Crippen molar-refractivity contribution < 1.29 is 4.79 Å². The molecule has 70 valence electrons. The van der Waals surface area contributed by atoms with Crippen LogP contribution in [0.2, 0.25) is 0 Å². The van der Waals surface area contributed by atoms with Gasteiger partial charge in [-0.3, -0.25) is 4.79 Å². The lowest BCUT2D eigenvalue weighted by Crippen LogP contribution is -2.07. The molecule has 0 radical (unpaired) electrons. The minimum atomic E-state index is 0.234. The van der Waals surface area contributed by atoms with E-state index in [0.29, 0.717) is 11.7 Å². The Labute approximate surface area is 75.9 Å². The van der Waals surface area contributed by atoms with Crippen LogP contribution < -0.4 is 0 Å². The Hall–Kier alpha value is -0.590. The van der Waals surface area contributed by atoms with Gasteiger partial charge < -0.3 is 0 Å². The second-order valence-corrected chi connectivity index (χ2v) is 3.59. The lowest BCUT2D eigenvalue weighted by Gasteiger charge is -2.09. The second kappa shape index (κ2) is 5.99. The Morgan fingerprint density at radius 1 is 1.33 bits per heavy atom. The highest BCUT2D eigenvalue weighted by molar-refractivity contribution is 5.77. The summed E-state index contributed by atoms with van der Waals surface area (Å²) in [5, 5.41) is 0. The van der Waals surface area contributed by atoms with Crippen LogP contribution in [0.5, 0.6) is 0 Å². The van der Waals surface area contributed by atoms with Crippen molar-refractivity contribution in [1.29, 1.82) is 0 Å². The zero-order chi connectivity index (χ0) is 9.56. The van der Waals surface area contributed by atoms with Crippen LogP contribution in [0.15, 0.2) is 12.2 Å². The standard InChI is InChI=1S/C11H20O/c1-5-6-9(2)7-8-10(3)11(4)12/h5-6,9-10H,7-8H2,1-4H3. The number of Topliss-reactive ketones (excluding diaryl/α,β-unsaturated/α-hetero) is 1. The molecule has 2 atom stereocenters. The summed E-state index contributed by atoms with van der Waals surface area (Å²) in [4.78, 5) is 10.9. The molecule has 0 heterocycles. The van der Waals surface area contributed by atoms with Gasteiger partial charge in [-0.15, -0.1) is 0 Å². The Kier molecular flexibility index (Phi) is 5.69. The maximum Gasteiger partial charge on any atom is 0.132 e. The molecule has 12 heavy (non-hydrogen) atoms. The number of hydrogen-bond donors (Lipinski definition) is 0. The first-order chi connectivity index (χ1) is 5.57. The van der Waals surface area contributed by atoms with Crippen LogP contribution in [-0.2, 0) is 4.79 Å². The molecule has 1 nitrogen and oxygen atoms in total. The van der Waals surface area contributed by atoms with Gasteiger partial charge in [0.1, 0.15) is 5.78 Å². The molecule has 0 aliphatic heterocycles. The minimum Gasteiger partial charge on any atom is -0.300 e. The van der Waals surface area contributed by atoms with Crippen LogP contribution >= 0.6 is 0 Å². The molecule has 0 rings (SSSR count). The number of carbonyl (C=O) groups is 1. The van der Waals surface area contributed by atoms with Crippen LogP contribution in [0.1, 0.15) is 40.5 Å². The first kappa shape index (κ1) is 11.4. The lowest BCUT2D eigenvalue weighted by atomic mass is 9.95. The predicted octanol–water partition coefficient (Wildman–Crippen LogP) is 3.20. The first-order valence-corrected chi connectivity index (χ1v) is 4.71. The van der Waals surface area contributed by atoms with Crippen molar-refractivity contribution in [3.8, 4) is 0 Å². The molecule has 0 spiro atoms. The Morgan fingerprint density at radius 2 is 1.92 bits per heavy atom. The molecule has 0 amide bonds. The summed E-state index contributed by atoms with van der Waals surface area (Å²) in [6, 6.07) is 0. The summed E-state index contributed by atoms with van der Waals surface area (Å²) in [5.74, 6) is 1.15. The number of carbonyl (C=O) groups excluding carboxylic acids is 1. The number of ketones is 1. The van der Waals surface area contributed by atoms with E-state index < -0.39 is 0 Å². The van der Waals surface area contributed by atoms with Gasteiger partial charge in [-0.2, -0.15) is 0 Å². The average molecular weight is 168 g/mol. The molecule has 0 N–H and O–H groups in total. The van der Waals surface area contributed by atoms with Gasteiger partial charge in [0.05, 0.1) is 0 Å². The molecule has 2 unspecified atom stereocenters. The third-order valence-electron chi connectivity index (χ3n) is 2.27. The summed E-state index contributed by atoms with van der Waals surface area (Å²) in [6.07, 6.45) is 6.39. The normalized spacial score (nSPS) is 16.3. The summed E-state index contributed by atoms with van der Waals surface area (Å²) < 4.78 is 0. The number of allylic oxidation sites excluding steroid dienone is 2. The van der Waals surface area contributed by atoms with Gasteiger partial charge in [0.25, 0.3) is 0 Å². The van der Waals surface area contributed by atoms with Gasteiger partial charge in [0.15, 0.2) is 0 Å². The van der Waals surface area contributed by atoms with Gasteiger partial charge >= 0.3 is 0 Å². The van der Waals surface area contributed by atoms with E-state index >= 15 is 0 Å². The molecular formula is C11H20O. The average Bonchev–Trinajstić information content (AvgIpc) is 2.00. The number of hydrogen-bond acceptors (Lipinski definition) is 1. The fraction of sp³-hybridized carbons (Fsp3) is 0.727. The zero-order valence-electron chi connectivity index (χ0n) is 8.63. The minimum absolute atomic E-state index is 0.234. The van der Waals surface area contributed by atoms with E-state index in [4.69, 9.17) is 0 Å². The highest BCUT2D eigenvalue weighted by Crippen LogP contribution is 2.13. The van der Waals surface area contributed by atoms with Crippen molar-refractivity contribution in [3.05, 3.63) is 12.2 Å². The molecule has 0 fully saturated rings. The maximum atomic E-state index is 10.9. The summed E-state index contributed by atoms with van der Waals surface area (Å²) in [6.45, 7) is 7.90. The van der Waals surface area contributed by atoms with E-state index in [1.165, 1.54) is 0 Å². The molecule has 0 aromatic carbocycles. The molecule has 0 saturated heterocycles. The van der Waals surface area contributed by atoms with E-state index in [1.54, 1.807) is 6.92 Å². The molecule has 0 bridgehead atoms. The maximum absolute atomic E-state index is 10.9. The SMILES string of the molecule is CC=CC(C)CCC(C)C(C)=O. The van der Waals surface area contributed by atoms with Crippen molar-refractivity contribution in [1.82, 2.24) is 0 Å². The third kappa shape index (κ3) is 5.11. The molecule has 0 aromatic rings. The van der Waals surface area contributed by atoms with E-state index in [1.807, 2.05) is 13.8 Å². The molecule has 0 aromatic heterocycles. The zero-order valence-corrected chi connectivity index (χ0v) is 8.63. The first-order valence-electron chi connectivity index (χ1n) is 4.71.